The van der Waals surface area contributed by atoms with Crippen molar-refractivity contribution >= 4 is 11.4 Å². The molecule has 0 aliphatic heterocycles. The highest BCUT2D eigenvalue weighted by atomic mass is 19.1. The fourth-order valence-electron chi connectivity index (χ4n) is 3.28. The Labute approximate surface area is 186 Å². The van der Waals surface area contributed by atoms with Gasteiger partial charge in [0, 0.05) is 16.7 Å². The number of nitrogens with zero attached hydrogens (tertiary/aromatic N) is 4. The number of benzene rings is 1. The summed E-state index contributed by atoms with van der Waals surface area (Å²) in [6.45, 7) is 11.3. The fraction of sp³-hybridized carbons (Fsp3) is 0.478. The summed E-state index contributed by atoms with van der Waals surface area (Å²) in [6, 6.07) is 5.24. The molecule has 0 aliphatic rings. The van der Waals surface area contributed by atoms with Crippen molar-refractivity contribution in [2.45, 2.75) is 53.5 Å². The van der Waals surface area contributed by atoms with E-state index in [0.29, 0.717) is 29.4 Å². The van der Waals surface area contributed by atoms with E-state index in [9.17, 15) is 9.18 Å². The van der Waals surface area contributed by atoms with Gasteiger partial charge in [-0.25, -0.2) is 9.07 Å². The van der Waals surface area contributed by atoms with Crippen LogP contribution < -0.4 is 15.1 Å². The topological polar surface area (TPSA) is 94.5 Å². The second-order valence-electron chi connectivity index (χ2n) is 8.66. The molecule has 0 saturated carbocycles. The van der Waals surface area contributed by atoms with Crippen LogP contribution in [0.25, 0.3) is 5.65 Å². The monoisotopic (exact) mass is 443 g/mol. The smallest absolute Gasteiger partial charge is 0.242 e. The Bertz CT molecular complexity index is 1210. The minimum Gasteiger partial charge on any atom is -0.491 e. The molecule has 8 nitrogen and oxygen atoms in total. The summed E-state index contributed by atoms with van der Waals surface area (Å²) in [5, 5.41) is 17.3. The summed E-state index contributed by atoms with van der Waals surface area (Å²) >= 11 is 0. The Kier molecular flexibility index (Phi) is 6.66. The molecule has 0 atom stereocenters. The highest BCUT2D eigenvalue weighted by molar-refractivity contribution is 5.96. The molecule has 172 valence electrons. The van der Waals surface area contributed by atoms with Crippen LogP contribution in [-0.4, -0.2) is 45.1 Å². The van der Waals surface area contributed by atoms with E-state index in [4.69, 9.17) is 14.9 Å². The van der Waals surface area contributed by atoms with Crippen molar-refractivity contribution in [2.75, 3.05) is 19.9 Å². The number of fused-ring (bicyclic) bond motifs is 1. The molecule has 32 heavy (non-hydrogen) atoms. The molecule has 9 heteroatoms. The molecule has 3 aromatic rings. The maximum Gasteiger partial charge on any atom is 0.242 e. The van der Waals surface area contributed by atoms with Gasteiger partial charge in [-0.15, -0.1) is 10.2 Å². The van der Waals surface area contributed by atoms with Crippen LogP contribution in [0.5, 0.6) is 11.6 Å². The molecule has 1 N–H and O–H groups in total. The van der Waals surface area contributed by atoms with Crippen molar-refractivity contribution in [3.8, 4) is 11.6 Å². The minimum absolute atomic E-state index is 0.0294. The van der Waals surface area contributed by atoms with Gasteiger partial charge in [0.05, 0.1) is 6.61 Å². The molecule has 0 aliphatic carbocycles. The van der Waals surface area contributed by atoms with E-state index >= 15 is 0 Å². The van der Waals surface area contributed by atoms with Gasteiger partial charge < -0.3 is 9.47 Å². The highest BCUT2D eigenvalue weighted by Crippen LogP contribution is 2.28. The zero-order chi connectivity index (χ0) is 23.6. The lowest BCUT2D eigenvalue weighted by molar-refractivity contribution is 0.0965. The van der Waals surface area contributed by atoms with Crippen LogP contribution in [0.3, 0.4) is 0 Å². The third-order valence-corrected chi connectivity index (χ3v) is 5.29. The van der Waals surface area contributed by atoms with Crippen LogP contribution in [0, 0.1) is 19.3 Å². The zero-order valence-corrected chi connectivity index (χ0v) is 19.5. The molecule has 0 unspecified atom stereocenters. The molecule has 0 radical (unpaired) electrons. The van der Waals surface area contributed by atoms with Gasteiger partial charge in [0.1, 0.15) is 25.6 Å². The number of Topliss-reactive ketones (excluding diaryl/α,β-unsaturated/α-hetero) is 1. The molecule has 0 fully saturated rings. The number of alkyl halides is 1. The number of hydrogen-bond acceptors (Lipinski definition) is 6. The summed E-state index contributed by atoms with van der Waals surface area (Å²) < 4.78 is 26.3. The molecule has 3 rings (SSSR count). The number of ether oxygens (including phenoxy) is 2. The minimum atomic E-state index is -0.613. The number of ketones is 1. The van der Waals surface area contributed by atoms with Gasteiger partial charge in [-0.1, -0.05) is 20.8 Å². The third kappa shape index (κ3) is 4.66. The van der Waals surface area contributed by atoms with E-state index in [2.05, 4.69) is 10.2 Å². The molecule has 2 aromatic heterocycles. The zero-order valence-electron chi connectivity index (χ0n) is 19.5. The number of halogens is 1. The van der Waals surface area contributed by atoms with Gasteiger partial charge in [-0.2, -0.15) is 4.52 Å². The van der Waals surface area contributed by atoms with Crippen molar-refractivity contribution in [3.63, 3.8) is 0 Å². The Hall–Kier alpha value is -3.23. The first-order chi connectivity index (χ1) is 15.1. The molecule has 1 aromatic carbocycles. The van der Waals surface area contributed by atoms with Gasteiger partial charge in [-0.05, 0) is 49.9 Å². The Balaban J connectivity index is 2.00. The van der Waals surface area contributed by atoms with Gasteiger partial charge >= 0.3 is 0 Å². The van der Waals surface area contributed by atoms with E-state index in [1.807, 2.05) is 53.7 Å². The van der Waals surface area contributed by atoms with Crippen LogP contribution in [0.4, 0.5) is 4.39 Å². The predicted octanol–water partition coefficient (Wildman–Crippen LogP) is 3.55. The van der Waals surface area contributed by atoms with Crippen LogP contribution in [0.1, 0.15) is 54.7 Å². The largest absolute Gasteiger partial charge is 0.491 e. The maximum absolute atomic E-state index is 13.1. The normalized spacial score (nSPS) is 11.7. The van der Waals surface area contributed by atoms with E-state index in [1.54, 1.807) is 6.07 Å². The lowest BCUT2D eigenvalue weighted by Gasteiger charge is -2.21. The highest BCUT2D eigenvalue weighted by Gasteiger charge is 2.20. The summed E-state index contributed by atoms with van der Waals surface area (Å²) in [4.78, 5) is 13.1. The standard InChI is InChI=1S/C23H30FN5O3/c1-7-31-21-15(3)14(2)20-26-28(22(25)29(20)27-21)13-19(30)16-10-17(23(4,5)6)12-18(11-16)32-9-8-24/h10-12,25H,7-9,13H2,1-6H3. The number of carbonyl (C=O) groups excluding carboxylic acids is 1. The predicted molar refractivity (Wildman–Crippen MR) is 118 cm³/mol. The first kappa shape index (κ1) is 23.4. The van der Waals surface area contributed by atoms with Gasteiger partial charge in [-0.3, -0.25) is 10.2 Å². The number of aromatic nitrogens is 4. The average molecular weight is 444 g/mol. The fourth-order valence-corrected chi connectivity index (χ4v) is 3.28. The maximum atomic E-state index is 13.1. The van der Waals surface area contributed by atoms with Gasteiger partial charge in [0.25, 0.3) is 0 Å². The van der Waals surface area contributed by atoms with Crippen LogP contribution in [0.15, 0.2) is 18.2 Å². The Morgan fingerprint density at radius 2 is 1.84 bits per heavy atom. The van der Waals surface area contributed by atoms with Crippen LogP contribution in [0.2, 0.25) is 0 Å². The number of nitrogens with one attached hydrogen (secondary N) is 1. The van der Waals surface area contributed by atoms with Crippen molar-refractivity contribution in [1.82, 2.24) is 19.4 Å². The summed E-state index contributed by atoms with van der Waals surface area (Å²) in [5.41, 5.74) is 3.24. The number of carbonyl (C=O) groups is 1. The number of aryl methyl sites for hydroxylation is 1. The summed E-state index contributed by atoms with van der Waals surface area (Å²) in [6.07, 6.45) is 0. The van der Waals surface area contributed by atoms with Gasteiger partial charge in [0.15, 0.2) is 11.4 Å². The quantitative estimate of drug-likeness (QED) is 0.537. The summed E-state index contributed by atoms with van der Waals surface area (Å²) in [7, 11) is 0. The Morgan fingerprint density at radius 3 is 2.47 bits per heavy atom. The molecule has 2 heterocycles. The molecule has 0 amide bonds. The average Bonchev–Trinajstić information content (AvgIpc) is 3.05. The van der Waals surface area contributed by atoms with Gasteiger partial charge in [0.2, 0.25) is 11.5 Å². The van der Waals surface area contributed by atoms with Crippen molar-refractivity contribution in [3.05, 3.63) is 46.1 Å². The molecular formula is C23H30FN5O3. The second kappa shape index (κ2) is 9.10. The first-order valence-corrected chi connectivity index (χ1v) is 10.6. The molecule has 0 bridgehead atoms. The van der Waals surface area contributed by atoms with Crippen molar-refractivity contribution in [1.29, 1.82) is 5.41 Å². The Morgan fingerprint density at radius 1 is 1.12 bits per heavy atom. The molecule has 0 saturated heterocycles. The van der Waals surface area contributed by atoms with E-state index in [-0.39, 0.29) is 30.0 Å². The molecule has 0 spiro atoms. The summed E-state index contributed by atoms with van der Waals surface area (Å²) in [5.74, 6) is 0.649. The lowest BCUT2D eigenvalue weighted by Crippen LogP contribution is -2.26. The van der Waals surface area contributed by atoms with E-state index in [0.717, 1.165) is 16.7 Å². The van der Waals surface area contributed by atoms with Crippen molar-refractivity contribution in [2.24, 2.45) is 0 Å². The van der Waals surface area contributed by atoms with E-state index in [1.165, 1.54) is 9.20 Å². The number of hydrogen-bond donors (Lipinski definition) is 1. The lowest BCUT2D eigenvalue weighted by atomic mass is 9.85. The van der Waals surface area contributed by atoms with Crippen LogP contribution in [-0.2, 0) is 12.0 Å². The third-order valence-electron chi connectivity index (χ3n) is 5.29. The van der Waals surface area contributed by atoms with Crippen LogP contribution >= 0.6 is 0 Å². The first-order valence-electron chi connectivity index (χ1n) is 10.6. The van der Waals surface area contributed by atoms with E-state index < -0.39 is 6.67 Å². The van der Waals surface area contributed by atoms with Crippen molar-refractivity contribution < 1.29 is 18.7 Å². The molecular weight excluding hydrogens is 413 g/mol. The second-order valence-corrected chi connectivity index (χ2v) is 8.66. The SMILES string of the molecule is CCOc1nn2c(=N)n(CC(=O)c3cc(OCCF)cc(C(C)(C)C)c3)nc2c(C)c1C. The number of rotatable bonds is 8.